The number of fused-ring (bicyclic) bond motifs is 2. The van der Waals surface area contributed by atoms with Crippen LogP contribution in [0.3, 0.4) is 0 Å². The van der Waals surface area contributed by atoms with E-state index in [1.54, 1.807) is 32.0 Å². The van der Waals surface area contributed by atoms with Crippen LogP contribution in [0.1, 0.15) is 37.6 Å². The molecular formula is C24H26N2O6. The highest BCUT2D eigenvalue weighted by atomic mass is 16.6. The predicted molar refractivity (Wildman–Crippen MR) is 117 cm³/mol. The van der Waals surface area contributed by atoms with Crippen LogP contribution in [0.4, 0.5) is 5.69 Å². The number of allylic oxidation sites excluding steroid dienone is 1. The van der Waals surface area contributed by atoms with Gasteiger partial charge in [0.15, 0.2) is 0 Å². The summed E-state index contributed by atoms with van der Waals surface area (Å²) >= 11 is 0. The third-order valence-corrected chi connectivity index (χ3v) is 7.21. The predicted octanol–water partition coefficient (Wildman–Crippen LogP) is 3.79. The summed E-state index contributed by atoms with van der Waals surface area (Å²) in [4.78, 5) is 38.4. The minimum atomic E-state index is -0.785. The average Bonchev–Trinajstić information content (AvgIpc) is 2.98. The van der Waals surface area contributed by atoms with E-state index in [9.17, 15) is 19.7 Å². The molecule has 1 aliphatic heterocycles. The van der Waals surface area contributed by atoms with Gasteiger partial charge >= 0.3 is 5.97 Å². The molecule has 2 aliphatic carbocycles. The maximum absolute atomic E-state index is 13.2. The number of carbonyl (C=O) groups is 2. The van der Waals surface area contributed by atoms with Crippen LogP contribution in [0, 0.1) is 21.4 Å². The van der Waals surface area contributed by atoms with Crippen molar-refractivity contribution in [3.63, 3.8) is 0 Å². The summed E-state index contributed by atoms with van der Waals surface area (Å²) in [7, 11) is 3.34. The molecule has 168 valence electrons. The van der Waals surface area contributed by atoms with Gasteiger partial charge in [0.25, 0.3) is 11.6 Å². The molecule has 0 spiro atoms. The van der Waals surface area contributed by atoms with E-state index in [1.807, 2.05) is 19.1 Å². The van der Waals surface area contributed by atoms with Gasteiger partial charge in [-0.05, 0) is 37.0 Å². The molecule has 32 heavy (non-hydrogen) atoms. The van der Waals surface area contributed by atoms with Crippen LogP contribution >= 0.6 is 0 Å². The number of nitro groups is 1. The number of esters is 1. The maximum atomic E-state index is 13.2. The summed E-state index contributed by atoms with van der Waals surface area (Å²) in [6.07, 6.45) is 3.84. The van der Waals surface area contributed by atoms with Gasteiger partial charge in [-0.3, -0.25) is 14.9 Å². The molecule has 0 bridgehead atoms. The van der Waals surface area contributed by atoms with Crippen LogP contribution in [-0.2, 0) is 14.3 Å². The Morgan fingerprint density at radius 1 is 1.31 bits per heavy atom. The monoisotopic (exact) mass is 438 g/mol. The summed E-state index contributed by atoms with van der Waals surface area (Å²) < 4.78 is 11.6. The van der Waals surface area contributed by atoms with Gasteiger partial charge in [0.05, 0.1) is 16.7 Å². The number of hydrogen-bond acceptors (Lipinski definition) is 6. The molecule has 4 rings (SSSR count). The maximum Gasteiger partial charge on any atom is 0.345 e. The normalized spacial score (nSPS) is 29.2. The Hall–Kier alpha value is -3.26. The standard InChI is InChI=1S/C24H26N2O6/c1-13-10-16(31-5)11-15-12-19-20(14(2)22(27)25(19)4)21(24(13,15)3)32-23(28)17-8-6-7-9-18(17)26(29)30/h6-9,11-13,16,21H,10H2,1-5H3/t13-,16-,21?,24-/m1/s1. The number of nitrogens with zero attached hydrogens (tertiary/aromatic N) is 2. The van der Waals surface area contributed by atoms with Crippen molar-refractivity contribution in [1.82, 2.24) is 4.90 Å². The Balaban J connectivity index is 1.86. The summed E-state index contributed by atoms with van der Waals surface area (Å²) in [6.45, 7) is 5.81. The largest absolute Gasteiger partial charge is 0.453 e. The lowest BCUT2D eigenvalue weighted by molar-refractivity contribution is -0.385. The number of amides is 1. The van der Waals surface area contributed by atoms with Crippen LogP contribution in [0.2, 0.25) is 0 Å². The molecule has 0 saturated heterocycles. The molecule has 1 unspecified atom stereocenters. The van der Waals surface area contributed by atoms with Crippen LogP contribution in [0.25, 0.3) is 0 Å². The quantitative estimate of drug-likeness (QED) is 0.403. The van der Waals surface area contributed by atoms with E-state index >= 15 is 0 Å². The summed E-state index contributed by atoms with van der Waals surface area (Å²) in [5, 5.41) is 11.5. The third kappa shape index (κ3) is 3.09. The van der Waals surface area contributed by atoms with Gasteiger partial charge in [0.1, 0.15) is 11.7 Å². The highest BCUT2D eigenvalue weighted by molar-refractivity contribution is 6.01. The van der Waals surface area contributed by atoms with E-state index in [0.717, 1.165) is 12.0 Å². The number of nitro benzene ring substituents is 1. The second-order valence-electron chi connectivity index (χ2n) is 8.81. The fourth-order valence-corrected chi connectivity index (χ4v) is 5.06. The molecule has 0 aromatic heterocycles. The molecule has 8 nitrogen and oxygen atoms in total. The summed E-state index contributed by atoms with van der Waals surface area (Å²) in [5.74, 6) is -0.889. The number of ether oxygens (including phenoxy) is 2. The van der Waals surface area contributed by atoms with E-state index in [1.165, 1.54) is 18.2 Å². The number of carbonyl (C=O) groups excluding carboxylic acids is 2. The van der Waals surface area contributed by atoms with Gasteiger partial charge in [-0.25, -0.2) is 4.79 Å². The van der Waals surface area contributed by atoms with Crippen LogP contribution in [0.15, 0.2) is 58.8 Å². The van der Waals surface area contributed by atoms with E-state index in [2.05, 4.69) is 6.92 Å². The molecule has 8 heteroatoms. The highest BCUT2D eigenvalue weighted by Crippen LogP contribution is 2.55. The average molecular weight is 438 g/mol. The fourth-order valence-electron chi connectivity index (χ4n) is 5.06. The lowest BCUT2D eigenvalue weighted by atomic mass is 9.59. The second kappa shape index (κ2) is 7.70. The van der Waals surface area contributed by atoms with Crippen molar-refractivity contribution in [3.8, 4) is 0 Å². The van der Waals surface area contributed by atoms with Crippen LogP contribution < -0.4 is 0 Å². The number of benzene rings is 1. The molecule has 0 fully saturated rings. The van der Waals surface area contributed by atoms with Crippen molar-refractivity contribution in [3.05, 3.63) is 74.5 Å². The molecule has 0 N–H and O–H groups in total. The molecule has 1 amide bonds. The van der Waals surface area contributed by atoms with Crippen molar-refractivity contribution in [2.24, 2.45) is 11.3 Å². The fraction of sp³-hybridized carbons (Fsp3) is 0.417. The van der Waals surface area contributed by atoms with Crippen LogP contribution in [-0.4, -0.2) is 48.1 Å². The van der Waals surface area contributed by atoms with Gasteiger partial charge in [-0.1, -0.05) is 32.1 Å². The Labute approximate surface area is 186 Å². The van der Waals surface area contributed by atoms with Gasteiger partial charge in [-0.2, -0.15) is 0 Å². The Kier molecular flexibility index (Phi) is 5.29. The third-order valence-electron chi connectivity index (χ3n) is 7.21. The van der Waals surface area contributed by atoms with E-state index in [4.69, 9.17) is 9.47 Å². The van der Waals surface area contributed by atoms with Crippen LogP contribution in [0.5, 0.6) is 0 Å². The van der Waals surface area contributed by atoms with Crippen molar-refractivity contribution in [2.45, 2.75) is 39.4 Å². The number of hydrogen-bond donors (Lipinski definition) is 0. The molecule has 1 aromatic carbocycles. The molecule has 4 atom stereocenters. The van der Waals surface area contributed by atoms with Gasteiger partial charge < -0.3 is 14.4 Å². The second-order valence-corrected chi connectivity index (χ2v) is 8.81. The first kappa shape index (κ1) is 22.0. The number of likely N-dealkylation sites (N-methyl/N-ethyl adjacent to an activating group) is 1. The van der Waals surface area contributed by atoms with E-state index in [-0.39, 0.29) is 29.2 Å². The Morgan fingerprint density at radius 2 is 2.00 bits per heavy atom. The smallest absolute Gasteiger partial charge is 0.345 e. The molecular weight excluding hydrogens is 412 g/mol. The zero-order valence-corrected chi connectivity index (χ0v) is 18.7. The zero-order valence-electron chi connectivity index (χ0n) is 18.7. The first-order valence-corrected chi connectivity index (χ1v) is 10.5. The Bertz CT molecular complexity index is 1120. The van der Waals surface area contributed by atoms with Crippen molar-refractivity contribution >= 4 is 17.6 Å². The van der Waals surface area contributed by atoms with Crippen molar-refractivity contribution in [1.29, 1.82) is 0 Å². The molecule has 3 aliphatic rings. The summed E-state index contributed by atoms with van der Waals surface area (Å²) in [6, 6.07) is 5.73. The number of rotatable bonds is 4. The number of para-hydroxylation sites is 1. The molecule has 0 saturated carbocycles. The first-order valence-electron chi connectivity index (χ1n) is 10.5. The molecule has 1 heterocycles. The summed E-state index contributed by atoms with van der Waals surface area (Å²) in [5.41, 5.74) is 1.73. The van der Waals surface area contributed by atoms with Crippen molar-refractivity contribution < 1.29 is 24.0 Å². The van der Waals surface area contributed by atoms with Gasteiger partial charge in [-0.15, -0.1) is 0 Å². The first-order chi connectivity index (χ1) is 15.1. The SMILES string of the molecule is CO[C@H]1C=C2C=C3C(=C(C)C(=O)N3C)C(OC(=O)c3ccccc3[N+](=O)[O-])[C@]2(C)[C@H](C)C1. The van der Waals surface area contributed by atoms with E-state index in [0.29, 0.717) is 16.8 Å². The van der Waals surface area contributed by atoms with Gasteiger partial charge in [0, 0.05) is 36.8 Å². The molecule has 0 radical (unpaired) electrons. The zero-order chi connectivity index (χ0) is 23.4. The van der Waals surface area contributed by atoms with E-state index < -0.39 is 22.4 Å². The van der Waals surface area contributed by atoms with Gasteiger partial charge in [0.2, 0.25) is 0 Å². The lowest BCUT2D eigenvalue weighted by Crippen LogP contribution is -2.49. The topological polar surface area (TPSA) is 99.0 Å². The minimum Gasteiger partial charge on any atom is -0.453 e. The van der Waals surface area contributed by atoms with Crippen molar-refractivity contribution in [2.75, 3.05) is 14.2 Å². The minimum absolute atomic E-state index is 0.0510. The molecule has 1 aromatic rings. The Morgan fingerprint density at radius 3 is 2.66 bits per heavy atom. The highest BCUT2D eigenvalue weighted by Gasteiger charge is 2.54. The number of methoxy groups -OCH3 is 1. The lowest BCUT2D eigenvalue weighted by Gasteiger charge is -2.49.